The first-order chi connectivity index (χ1) is 9.04. The minimum Gasteiger partial charge on any atom is -0.496 e. The lowest BCUT2D eigenvalue weighted by Crippen LogP contribution is -2.31. The van der Waals surface area contributed by atoms with Crippen LogP contribution in [0.1, 0.15) is 25.0 Å². The maximum absolute atomic E-state index is 11.6. The van der Waals surface area contributed by atoms with E-state index >= 15 is 0 Å². The van der Waals surface area contributed by atoms with E-state index in [4.69, 9.17) is 9.47 Å². The molecule has 1 aromatic rings. The number of sulfonamides is 1. The molecule has 0 aliphatic carbocycles. The molecule has 5 nitrogen and oxygen atoms in total. The number of hydrogen-bond donors (Lipinski definition) is 1. The smallest absolute Gasteiger partial charge is 0.211 e. The average molecular weight is 287 g/mol. The molecule has 1 aromatic carbocycles. The zero-order chi connectivity index (χ0) is 14.3. The van der Waals surface area contributed by atoms with Crippen molar-refractivity contribution in [3.63, 3.8) is 0 Å². The summed E-state index contributed by atoms with van der Waals surface area (Å²) in [5, 5.41) is 0. The van der Waals surface area contributed by atoms with Gasteiger partial charge in [-0.1, -0.05) is 25.1 Å². The Labute approximate surface area is 115 Å². The average Bonchev–Trinajstić information content (AvgIpc) is 2.39. The van der Waals surface area contributed by atoms with Crippen LogP contribution in [0.4, 0.5) is 0 Å². The molecular weight excluding hydrogens is 266 g/mol. The Morgan fingerprint density at radius 3 is 2.53 bits per heavy atom. The van der Waals surface area contributed by atoms with Crippen LogP contribution in [-0.2, 0) is 14.8 Å². The summed E-state index contributed by atoms with van der Waals surface area (Å²) in [6.45, 7) is 2.02. The van der Waals surface area contributed by atoms with Crippen molar-refractivity contribution in [2.45, 2.75) is 19.4 Å². The van der Waals surface area contributed by atoms with Crippen molar-refractivity contribution in [2.75, 3.05) is 26.5 Å². The SMILES string of the molecule is CCCS(=O)(=O)NC[C@@H](OC)c1ccccc1OC. The molecule has 6 heteroatoms. The van der Waals surface area contributed by atoms with E-state index in [-0.39, 0.29) is 18.4 Å². The molecular formula is C13H21NO4S. The third-order valence-electron chi connectivity index (χ3n) is 2.73. The van der Waals surface area contributed by atoms with Gasteiger partial charge < -0.3 is 9.47 Å². The van der Waals surface area contributed by atoms with Crippen LogP contribution in [0.3, 0.4) is 0 Å². The van der Waals surface area contributed by atoms with Crippen molar-refractivity contribution in [2.24, 2.45) is 0 Å². The molecule has 1 atom stereocenters. The molecule has 0 fully saturated rings. The molecule has 0 saturated heterocycles. The van der Waals surface area contributed by atoms with E-state index in [0.717, 1.165) is 5.56 Å². The lowest BCUT2D eigenvalue weighted by atomic mass is 10.1. The monoisotopic (exact) mass is 287 g/mol. The van der Waals surface area contributed by atoms with Crippen LogP contribution >= 0.6 is 0 Å². The first-order valence-electron chi connectivity index (χ1n) is 6.17. The van der Waals surface area contributed by atoms with Crippen molar-refractivity contribution < 1.29 is 17.9 Å². The van der Waals surface area contributed by atoms with E-state index in [1.165, 1.54) is 0 Å². The van der Waals surface area contributed by atoms with Crippen LogP contribution in [0.5, 0.6) is 5.75 Å². The second-order valence-corrected chi connectivity index (χ2v) is 6.06. The Morgan fingerprint density at radius 1 is 1.26 bits per heavy atom. The summed E-state index contributed by atoms with van der Waals surface area (Å²) in [5.74, 6) is 0.805. The Balaban J connectivity index is 2.79. The summed E-state index contributed by atoms with van der Waals surface area (Å²) in [4.78, 5) is 0. The molecule has 0 amide bonds. The molecule has 0 spiro atoms. The fraction of sp³-hybridized carbons (Fsp3) is 0.538. The van der Waals surface area contributed by atoms with Crippen LogP contribution in [0, 0.1) is 0 Å². The van der Waals surface area contributed by atoms with E-state index in [1.54, 1.807) is 14.2 Å². The molecule has 0 aliphatic heterocycles. The van der Waals surface area contributed by atoms with Crippen LogP contribution in [0.2, 0.25) is 0 Å². The molecule has 0 saturated carbocycles. The molecule has 1 N–H and O–H groups in total. The fourth-order valence-electron chi connectivity index (χ4n) is 1.80. The topological polar surface area (TPSA) is 64.6 Å². The summed E-state index contributed by atoms with van der Waals surface area (Å²) in [7, 11) is -0.112. The number of hydrogen-bond acceptors (Lipinski definition) is 4. The molecule has 0 aromatic heterocycles. The van der Waals surface area contributed by atoms with Crippen LogP contribution in [-0.4, -0.2) is 34.9 Å². The van der Waals surface area contributed by atoms with Gasteiger partial charge in [-0.25, -0.2) is 13.1 Å². The Hall–Kier alpha value is -1.11. The number of ether oxygens (including phenoxy) is 2. The van der Waals surface area contributed by atoms with Gasteiger partial charge in [0.05, 0.1) is 19.0 Å². The molecule has 0 radical (unpaired) electrons. The van der Waals surface area contributed by atoms with Crippen molar-refractivity contribution in [3.05, 3.63) is 29.8 Å². The van der Waals surface area contributed by atoms with Gasteiger partial charge in [-0.15, -0.1) is 0 Å². The van der Waals surface area contributed by atoms with E-state index in [0.29, 0.717) is 12.2 Å². The second kappa shape index (κ2) is 7.47. The highest BCUT2D eigenvalue weighted by molar-refractivity contribution is 7.89. The third-order valence-corrected chi connectivity index (χ3v) is 4.28. The predicted octanol–water partition coefficient (Wildman–Crippen LogP) is 1.71. The first kappa shape index (κ1) is 15.9. The van der Waals surface area contributed by atoms with Crippen LogP contribution < -0.4 is 9.46 Å². The molecule has 0 heterocycles. The largest absolute Gasteiger partial charge is 0.496 e. The number of nitrogens with one attached hydrogen (secondary N) is 1. The summed E-state index contributed by atoms with van der Waals surface area (Å²) in [6.07, 6.45) is 0.213. The quantitative estimate of drug-likeness (QED) is 0.790. The van der Waals surface area contributed by atoms with Gasteiger partial charge >= 0.3 is 0 Å². The normalized spacial score (nSPS) is 13.2. The second-order valence-electron chi connectivity index (χ2n) is 4.13. The van der Waals surface area contributed by atoms with Gasteiger partial charge in [-0.3, -0.25) is 0 Å². The van der Waals surface area contributed by atoms with E-state index < -0.39 is 10.0 Å². The molecule has 0 unspecified atom stereocenters. The minimum absolute atomic E-state index is 0.120. The highest BCUT2D eigenvalue weighted by atomic mass is 32.2. The standard InChI is InChI=1S/C13H21NO4S/c1-4-9-19(15,16)14-10-13(18-3)11-7-5-6-8-12(11)17-2/h5-8,13-14H,4,9-10H2,1-3H3/t13-/m1/s1. The first-order valence-corrected chi connectivity index (χ1v) is 7.82. The molecule has 0 bridgehead atoms. The Morgan fingerprint density at radius 2 is 1.95 bits per heavy atom. The highest BCUT2D eigenvalue weighted by Crippen LogP contribution is 2.26. The van der Waals surface area contributed by atoms with Gasteiger partial charge in [-0.05, 0) is 12.5 Å². The molecule has 108 valence electrons. The third kappa shape index (κ3) is 4.81. The van der Waals surface area contributed by atoms with Gasteiger partial charge in [-0.2, -0.15) is 0 Å². The van der Waals surface area contributed by atoms with Crippen molar-refractivity contribution in [1.29, 1.82) is 0 Å². The summed E-state index contributed by atoms with van der Waals surface area (Å²) >= 11 is 0. The van der Waals surface area contributed by atoms with Crippen molar-refractivity contribution >= 4 is 10.0 Å². The van der Waals surface area contributed by atoms with Gasteiger partial charge in [0.2, 0.25) is 10.0 Å². The van der Waals surface area contributed by atoms with Gasteiger partial charge in [0.1, 0.15) is 5.75 Å². The number of methoxy groups -OCH3 is 2. The molecule has 19 heavy (non-hydrogen) atoms. The van der Waals surface area contributed by atoms with Crippen LogP contribution in [0.25, 0.3) is 0 Å². The van der Waals surface area contributed by atoms with Gasteiger partial charge in [0, 0.05) is 19.2 Å². The lowest BCUT2D eigenvalue weighted by molar-refractivity contribution is 0.105. The van der Waals surface area contributed by atoms with E-state index in [9.17, 15) is 8.42 Å². The maximum atomic E-state index is 11.6. The van der Waals surface area contributed by atoms with E-state index in [1.807, 2.05) is 31.2 Å². The highest BCUT2D eigenvalue weighted by Gasteiger charge is 2.18. The fourth-order valence-corrected chi connectivity index (χ4v) is 2.88. The molecule has 0 aliphatic rings. The predicted molar refractivity (Wildman–Crippen MR) is 74.8 cm³/mol. The zero-order valence-corrected chi connectivity index (χ0v) is 12.4. The molecule has 1 rings (SSSR count). The maximum Gasteiger partial charge on any atom is 0.211 e. The number of para-hydroxylation sites is 1. The summed E-state index contributed by atoms with van der Waals surface area (Å²) in [5.41, 5.74) is 0.826. The summed E-state index contributed by atoms with van der Waals surface area (Å²) < 4.78 is 36.4. The number of rotatable bonds is 8. The van der Waals surface area contributed by atoms with Crippen molar-refractivity contribution in [1.82, 2.24) is 4.72 Å². The minimum atomic E-state index is -3.24. The van der Waals surface area contributed by atoms with Gasteiger partial charge in [0.15, 0.2) is 0 Å². The Bertz CT molecular complexity index is 487. The Kier molecular flexibility index (Phi) is 6.27. The van der Waals surface area contributed by atoms with Crippen LogP contribution in [0.15, 0.2) is 24.3 Å². The lowest BCUT2D eigenvalue weighted by Gasteiger charge is -2.19. The van der Waals surface area contributed by atoms with Crippen molar-refractivity contribution in [3.8, 4) is 5.75 Å². The van der Waals surface area contributed by atoms with Gasteiger partial charge in [0.25, 0.3) is 0 Å². The number of benzene rings is 1. The summed E-state index contributed by atoms with van der Waals surface area (Å²) in [6, 6.07) is 7.41. The zero-order valence-electron chi connectivity index (χ0n) is 11.5. The van der Waals surface area contributed by atoms with E-state index in [2.05, 4.69) is 4.72 Å².